The Hall–Kier alpha value is -2.02. The van der Waals surface area contributed by atoms with E-state index in [0.717, 1.165) is 0 Å². The molecule has 0 atom stereocenters. The molecule has 1 aromatic rings. The molecule has 0 aliphatic heterocycles. The first-order valence-electron chi connectivity index (χ1n) is 3.51. The van der Waals surface area contributed by atoms with Gasteiger partial charge >= 0.3 is 5.97 Å². The zero-order valence-corrected chi connectivity index (χ0v) is 6.94. The van der Waals surface area contributed by atoms with Crippen molar-refractivity contribution in [2.75, 3.05) is 0 Å². The van der Waals surface area contributed by atoms with Crippen LogP contribution in [0.3, 0.4) is 0 Å². The highest BCUT2D eigenvalue weighted by molar-refractivity contribution is 5.87. The van der Waals surface area contributed by atoms with Crippen molar-refractivity contribution in [3.8, 4) is 11.8 Å². The number of pyridine rings is 1. The Morgan fingerprint density at radius 2 is 2.31 bits per heavy atom. The molecule has 13 heavy (non-hydrogen) atoms. The minimum Gasteiger partial charge on any atom is -0.472 e. The predicted octanol–water partition coefficient (Wildman–Crippen LogP) is -0.179. The van der Waals surface area contributed by atoms with Crippen molar-refractivity contribution in [1.29, 1.82) is 0 Å². The average molecular weight is 177 g/mol. The van der Waals surface area contributed by atoms with Crippen molar-refractivity contribution < 1.29 is 9.90 Å². The van der Waals surface area contributed by atoms with Gasteiger partial charge in [-0.25, -0.2) is 4.79 Å². The maximum atomic E-state index is 11.0. The lowest BCUT2D eigenvalue weighted by molar-refractivity contribution is -0.130. The second kappa shape index (κ2) is 3.59. The van der Waals surface area contributed by atoms with Crippen molar-refractivity contribution in [2.24, 2.45) is 7.05 Å². The van der Waals surface area contributed by atoms with Gasteiger partial charge < -0.3 is 9.67 Å². The van der Waals surface area contributed by atoms with Gasteiger partial charge in [-0.3, -0.25) is 4.79 Å². The van der Waals surface area contributed by atoms with E-state index in [1.807, 2.05) is 5.92 Å². The van der Waals surface area contributed by atoms with E-state index >= 15 is 0 Å². The first kappa shape index (κ1) is 9.07. The van der Waals surface area contributed by atoms with Crippen molar-refractivity contribution in [3.05, 3.63) is 34.2 Å². The van der Waals surface area contributed by atoms with Gasteiger partial charge in [0.15, 0.2) is 0 Å². The van der Waals surface area contributed by atoms with Crippen molar-refractivity contribution >= 4 is 5.97 Å². The van der Waals surface area contributed by atoms with Crippen LogP contribution in [-0.2, 0) is 11.8 Å². The van der Waals surface area contributed by atoms with E-state index in [0.29, 0.717) is 5.56 Å². The van der Waals surface area contributed by atoms with Crippen molar-refractivity contribution in [3.63, 3.8) is 0 Å². The number of carbonyl (C=O) groups is 1. The van der Waals surface area contributed by atoms with E-state index in [1.54, 1.807) is 13.1 Å². The number of rotatable bonds is 0. The minimum absolute atomic E-state index is 0.211. The molecule has 0 aliphatic rings. The lowest BCUT2D eigenvalue weighted by atomic mass is 10.3. The fourth-order valence-corrected chi connectivity index (χ4v) is 0.752. The van der Waals surface area contributed by atoms with Crippen LogP contribution in [0.25, 0.3) is 0 Å². The Bertz CT molecular complexity index is 448. The van der Waals surface area contributed by atoms with Crippen LogP contribution in [0.4, 0.5) is 0 Å². The Morgan fingerprint density at radius 1 is 1.62 bits per heavy atom. The third kappa shape index (κ3) is 2.49. The highest BCUT2D eigenvalue weighted by Crippen LogP contribution is 1.89. The lowest BCUT2D eigenvalue weighted by Gasteiger charge is -1.94. The molecule has 0 saturated carbocycles. The Balaban J connectivity index is 3.08. The minimum atomic E-state index is -1.21. The molecule has 1 heterocycles. The van der Waals surface area contributed by atoms with Gasteiger partial charge in [-0.2, -0.15) is 0 Å². The molecule has 1 N–H and O–H groups in total. The van der Waals surface area contributed by atoms with Crippen LogP contribution in [0.1, 0.15) is 5.56 Å². The fourth-order valence-electron chi connectivity index (χ4n) is 0.752. The van der Waals surface area contributed by atoms with Gasteiger partial charge in [0.25, 0.3) is 5.56 Å². The maximum absolute atomic E-state index is 11.0. The molecular formula is C9H7NO3. The van der Waals surface area contributed by atoms with E-state index < -0.39 is 5.97 Å². The summed E-state index contributed by atoms with van der Waals surface area (Å²) in [4.78, 5) is 21.1. The maximum Gasteiger partial charge on any atom is 0.382 e. The van der Waals surface area contributed by atoms with Crippen molar-refractivity contribution in [2.45, 2.75) is 0 Å². The molecule has 0 saturated heterocycles. The van der Waals surface area contributed by atoms with E-state index in [2.05, 4.69) is 5.92 Å². The molecular weight excluding hydrogens is 170 g/mol. The van der Waals surface area contributed by atoms with Gasteiger partial charge in [0.05, 0.1) is 0 Å². The van der Waals surface area contributed by atoms with Gasteiger partial charge in [0, 0.05) is 30.8 Å². The molecule has 0 spiro atoms. The summed E-state index contributed by atoms with van der Waals surface area (Å²) in [5.74, 6) is 3.07. The number of nitrogens with zero attached hydrogens (tertiary/aromatic N) is 1. The topological polar surface area (TPSA) is 59.3 Å². The molecule has 4 heteroatoms. The molecule has 66 valence electrons. The molecule has 0 unspecified atom stereocenters. The summed E-state index contributed by atoms with van der Waals surface area (Å²) in [5, 5.41) is 8.24. The summed E-state index contributed by atoms with van der Waals surface area (Å²) in [6.45, 7) is 0. The smallest absolute Gasteiger partial charge is 0.382 e. The number of aryl methyl sites for hydroxylation is 1. The van der Waals surface area contributed by atoms with E-state index in [-0.39, 0.29) is 5.56 Å². The molecule has 0 radical (unpaired) electrons. The van der Waals surface area contributed by atoms with Crippen LogP contribution in [0, 0.1) is 11.8 Å². The SMILES string of the molecule is Cn1ccc(C#CC(=O)O)cc1=O. The van der Waals surface area contributed by atoms with Crippen LogP contribution in [0.5, 0.6) is 0 Å². The first-order valence-corrected chi connectivity index (χ1v) is 3.51. The lowest BCUT2D eigenvalue weighted by Crippen LogP contribution is -2.14. The standard InChI is InChI=1S/C9H7NO3/c1-10-5-4-7(6-8(10)11)2-3-9(12)13/h4-6H,1H3,(H,12,13). The summed E-state index contributed by atoms with van der Waals surface area (Å²) < 4.78 is 1.38. The third-order valence-corrected chi connectivity index (χ3v) is 1.42. The number of hydrogen-bond donors (Lipinski definition) is 1. The quantitative estimate of drug-likeness (QED) is 0.559. The highest BCUT2D eigenvalue weighted by Gasteiger charge is 1.91. The second-order valence-electron chi connectivity index (χ2n) is 2.42. The summed E-state index contributed by atoms with van der Waals surface area (Å²) in [5.41, 5.74) is 0.197. The molecule has 0 aromatic carbocycles. The Labute approximate surface area is 74.4 Å². The van der Waals surface area contributed by atoms with E-state index in [4.69, 9.17) is 5.11 Å². The molecule has 0 fully saturated rings. The molecule has 0 amide bonds. The number of aliphatic carboxylic acids is 1. The fraction of sp³-hybridized carbons (Fsp3) is 0.111. The molecule has 0 aliphatic carbocycles. The van der Waals surface area contributed by atoms with Crippen molar-refractivity contribution in [1.82, 2.24) is 4.57 Å². The average Bonchev–Trinajstić information content (AvgIpc) is 2.07. The second-order valence-corrected chi connectivity index (χ2v) is 2.42. The summed E-state index contributed by atoms with van der Waals surface area (Å²) in [6, 6.07) is 2.87. The molecule has 1 aromatic heterocycles. The normalized spacial score (nSPS) is 8.69. The van der Waals surface area contributed by atoms with Crippen LogP contribution in [0.2, 0.25) is 0 Å². The van der Waals surface area contributed by atoms with E-state index in [9.17, 15) is 9.59 Å². The Morgan fingerprint density at radius 3 is 2.85 bits per heavy atom. The zero-order chi connectivity index (χ0) is 9.84. The van der Waals surface area contributed by atoms with Crippen LogP contribution in [0.15, 0.2) is 23.1 Å². The number of carboxylic acids is 1. The summed E-state index contributed by atoms with van der Waals surface area (Å²) in [6.07, 6.45) is 1.54. The number of hydrogen-bond acceptors (Lipinski definition) is 2. The number of carboxylic acid groups (broad SMARTS) is 1. The van der Waals surface area contributed by atoms with Crippen LogP contribution < -0.4 is 5.56 Å². The third-order valence-electron chi connectivity index (χ3n) is 1.42. The first-order chi connectivity index (χ1) is 6.09. The van der Waals surface area contributed by atoms with E-state index in [1.165, 1.54) is 16.8 Å². The predicted molar refractivity (Wildman–Crippen MR) is 46.2 cm³/mol. The largest absolute Gasteiger partial charge is 0.472 e. The van der Waals surface area contributed by atoms with Gasteiger partial charge in [-0.05, 0) is 6.07 Å². The highest BCUT2D eigenvalue weighted by atomic mass is 16.4. The van der Waals surface area contributed by atoms with Gasteiger partial charge in [0.2, 0.25) is 0 Å². The summed E-state index contributed by atoms with van der Waals surface area (Å²) >= 11 is 0. The summed E-state index contributed by atoms with van der Waals surface area (Å²) in [7, 11) is 1.61. The van der Waals surface area contributed by atoms with Crippen LogP contribution >= 0.6 is 0 Å². The molecule has 1 rings (SSSR count). The zero-order valence-electron chi connectivity index (χ0n) is 6.94. The van der Waals surface area contributed by atoms with Gasteiger partial charge in [-0.15, -0.1) is 0 Å². The molecule has 0 bridgehead atoms. The number of aromatic nitrogens is 1. The molecule has 4 nitrogen and oxygen atoms in total. The van der Waals surface area contributed by atoms with Crippen LogP contribution in [-0.4, -0.2) is 15.6 Å². The monoisotopic (exact) mass is 177 g/mol. The van der Waals surface area contributed by atoms with Gasteiger partial charge in [-0.1, -0.05) is 5.92 Å². The van der Waals surface area contributed by atoms with Gasteiger partial charge in [0.1, 0.15) is 0 Å². The Kier molecular flexibility index (Phi) is 2.50.